The summed E-state index contributed by atoms with van der Waals surface area (Å²) < 4.78 is 4.89. The van der Waals surface area contributed by atoms with Gasteiger partial charge in [0, 0.05) is 22.7 Å². The van der Waals surface area contributed by atoms with E-state index in [9.17, 15) is 9.59 Å². The number of esters is 1. The Hall–Kier alpha value is -2.36. The first-order valence-corrected chi connectivity index (χ1v) is 6.09. The number of carbonyl (C=O) groups excluding carboxylic acids is 2. The summed E-state index contributed by atoms with van der Waals surface area (Å²) in [5.74, 6) is -0.885. The molecule has 0 amide bonds. The summed E-state index contributed by atoms with van der Waals surface area (Å²) in [7, 11) is 0. The van der Waals surface area contributed by atoms with Crippen molar-refractivity contribution < 1.29 is 14.3 Å². The first-order chi connectivity index (χ1) is 9.13. The first kappa shape index (κ1) is 13.1. The number of aromatic amines is 1. The summed E-state index contributed by atoms with van der Waals surface area (Å²) in [6.07, 6.45) is 3.34. The van der Waals surface area contributed by atoms with Crippen molar-refractivity contribution in [1.29, 1.82) is 0 Å². The lowest BCUT2D eigenvalue weighted by atomic mass is 10.1. The molecule has 0 aliphatic carbocycles. The molecule has 0 aliphatic rings. The first-order valence-electron chi connectivity index (χ1n) is 6.09. The van der Waals surface area contributed by atoms with Gasteiger partial charge in [-0.3, -0.25) is 4.79 Å². The highest BCUT2D eigenvalue weighted by Gasteiger charge is 2.16. The van der Waals surface area contributed by atoms with Crippen LogP contribution < -0.4 is 0 Å². The van der Waals surface area contributed by atoms with Crippen LogP contribution in [0.5, 0.6) is 0 Å². The Labute approximate surface area is 111 Å². The molecule has 2 rings (SSSR count). The number of Topliss-reactive ketones (excluding diaryl/α,β-unsaturated/α-hetero) is 1. The summed E-state index contributed by atoms with van der Waals surface area (Å²) in [5.41, 5.74) is 1.82. The molecule has 4 heteroatoms. The second-order valence-corrected chi connectivity index (χ2v) is 4.12. The maximum Gasteiger partial charge on any atom is 0.341 e. The number of hydrogen-bond acceptors (Lipinski definition) is 3. The van der Waals surface area contributed by atoms with E-state index in [2.05, 4.69) is 4.98 Å². The zero-order valence-electron chi connectivity index (χ0n) is 10.9. The third-order valence-electron chi connectivity index (χ3n) is 2.80. The Balaban J connectivity index is 2.46. The number of ether oxygens (including phenoxy) is 1. The molecule has 0 unspecified atom stereocenters. The van der Waals surface area contributed by atoms with Crippen LogP contribution in [0, 0.1) is 0 Å². The molecule has 1 heterocycles. The normalized spacial score (nSPS) is 11.6. The fourth-order valence-electron chi connectivity index (χ4n) is 1.88. The fraction of sp³-hybridized carbons (Fsp3) is 0.200. The number of hydrogen-bond donors (Lipinski definition) is 1. The lowest BCUT2D eigenvalue weighted by Gasteiger charge is -2.03. The van der Waals surface area contributed by atoms with Crippen LogP contribution in [0.4, 0.5) is 0 Å². The molecule has 1 aromatic heterocycles. The van der Waals surface area contributed by atoms with Crippen molar-refractivity contribution in [2.24, 2.45) is 0 Å². The monoisotopic (exact) mass is 257 g/mol. The highest BCUT2D eigenvalue weighted by atomic mass is 16.5. The Kier molecular flexibility index (Phi) is 3.80. The van der Waals surface area contributed by atoms with E-state index in [-0.39, 0.29) is 18.0 Å². The lowest BCUT2D eigenvalue weighted by Crippen LogP contribution is -2.13. The smallest absolute Gasteiger partial charge is 0.341 e. The average molecular weight is 257 g/mol. The van der Waals surface area contributed by atoms with Crippen molar-refractivity contribution in [2.75, 3.05) is 6.61 Å². The van der Waals surface area contributed by atoms with Gasteiger partial charge in [-0.05, 0) is 26.0 Å². The fourth-order valence-corrected chi connectivity index (χ4v) is 1.88. The van der Waals surface area contributed by atoms with Gasteiger partial charge >= 0.3 is 5.97 Å². The summed E-state index contributed by atoms with van der Waals surface area (Å²) in [6.45, 7) is 3.32. The number of fused-ring (bicyclic) bond motifs is 1. The van der Waals surface area contributed by atoms with Crippen LogP contribution in [-0.2, 0) is 14.3 Å². The standard InChI is InChI=1S/C15H15NO3/c1-3-19-15(18)13(10(2)17)8-11-9-16-14-7-5-4-6-12(11)14/h4-9,16H,3H2,1-2H3. The van der Waals surface area contributed by atoms with Gasteiger partial charge in [-0.25, -0.2) is 4.79 Å². The lowest BCUT2D eigenvalue weighted by molar-refractivity contribution is -0.139. The van der Waals surface area contributed by atoms with Gasteiger partial charge in [0.05, 0.1) is 6.61 Å². The molecule has 98 valence electrons. The molecular formula is C15H15NO3. The number of ketones is 1. The van der Waals surface area contributed by atoms with Crippen molar-refractivity contribution >= 4 is 28.7 Å². The summed E-state index contributed by atoms with van der Waals surface area (Å²) in [5, 5.41) is 0.963. The number of rotatable bonds is 4. The second-order valence-electron chi connectivity index (χ2n) is 4.12. The van der Waals surface area contributed by atoms with Crippen LogP contribution in [0.2, 0.25) is 0 Å². The maximum atomic E-state index is 11.7. The van der Waals surface area contributed by atoms with Crippen LogP contribution in [0.25, 0.3) is 17.0 Å². The topological polar surface area (TPSA) is 59.2 Å². The average Bonchev–Trinajstić information content (AvgIpc) is 2.79. The largest absolute Gasteiger partial charge is 0.462 e. The van der Waals surface area contributed by atoms with Gasteiger partial charge < -0.3 is 9.72 Å². The van der Waals surface area contributed by atoms with Crippen molar-refractivity contribution in [3.05, 3.63) is 41.6 Å². The Bertz CT molecular complexity index is 652. The van der Waals surface area contributed by atoms with Gasteiger partial charge in [-0.15, -0.1) is 0 Å². The molecule has 0 atom stereocenters. The minimum Gasteiger partial charge on any atom is -0.462 e. The molecule has 4 nitrogen and oxygen atoms in total. The molecule has 0 fully saturated rings. The van der Waals surface area contributed by atoms with Gasteiger partial charge in [0.1, 0.15) is 5.57 Å². The van der Waals surface area contributed by atoms with Crippen LogP contribution in [0.1, 0.15) is 19.4 Å². The number of aromatic nitrogens is 1. The second kappa shape index (κ2) is 5.52. The number of para-hydroxylation sites is 1. The van der Waals surface area contributed by atoms with E-state index in [1.807, 2.05) is 24.3 Å². The molecule has 0 saturated heterocycles. The molecule has 2 aromatic rings. The van der Waals surface area contributed by atoms with E-state index in [1.54, 1.807) is 19.2 Å². The predicted octanol–water partition coefficient (Wildman–Crippen LogP) is 2.70. The minimum atomic E-state index is -0.583. The van der Waals surface area contributed by atoms with Crippen molar-refractivity contribution in [1.82, 2.24) is 4.98 Å². The number of benzene rings is 1. The third-order valence-corrected chi connectivity index (χ3v) is 2.80. The highest BCUT2D eigenvalue weighted by Crippen LogP contribution is 2.20. The quantitative estimate of drug-likeness (QED) is 0.396. The number of carbonyl (C=O) groups is 2. The SMILES string of the molecule is CCOC(=O)C(=Cc1c[nH]c2ccccc12)C(C)=O. The number of nitrogens with one attached hydrogen (secondary N) is 1. The summed E-state index contributed by atoms with van der Waals surface area (Å²) in [4.78, 5) is 26.4. The minimum absolute atomic E-state index is 0.0617. The van der Waals surface area contributed by atoms with Gasteiger partial charge in [0.25, 0.3) is 0 Å². The van der Waals surface area contributed by atoms with E-state index >= 15 is 0 Å². The van der Waals surface area contributed by atoms with Gasteiger partial charge in [0.15, 0.2) is 5.78 Å². The van der Waals surface area contributed by atoms with Crippen molar-refractivity contribution in [2.45, 2.75) is 13.8 Å². The zero-order chi connectivity index (χ0) is 13.8. The van der Waals surface area contributed by atoms with Crippen LogP contribution in [-0.4, -0.2) is 23.3 Å². The Morgan fingerprint density at radius 1 is 1.32 bits per heavy atom. The van der Waals surface area contributed by atoms with E-state index < -0.39 is 5.97 Å². The van der Waals surface area contributed by atoms with E-state index in [4.69, 9.17) is 4.74 Å². The molecule has 0 radical (unpaired) electrons. The maximum absolute atomic E-state index is 11.7. The predicted molar refractivity (Wildman–Crippen MR) is 73.6 cm³/mol. The van der Waals surface area contributed by atoms with Crippen LogP contribution in [0.15, 0.2) is 36.0 Å². The molecule has 19 heavy (non-hydrogen) atoms. The highest BCUT2D eigenvalue weighted by molar-refractivity contribution is 6.20. The van der Waals surface area contributed by atoms with Gasteiger partial charge in [-0.2, -0.15) is 0 Å². The summed E-state index contributed by atoms with van der Waals surface area (Å²) >= 11 is 0. The Morgan fingerprint density at radius 2 is 2.05 bits per heavy atom. The third kappa shape index (κ3) is 2.73. The van der Waals surface area contributed by atoms with E-state index in [1.165, 1.54) is 6.92 Å². The number of H-pyrrole nitrogens is 1. The Morgan fingerprint density at radius 3 is 2.74 bits per heavy atom. The van der Waals surface area contributed by atoms with E-state index in [0.717, 1.165) is 16.5 Å². The van der Waals surface area contributed by atoms with Crippen molar-refractivity contribution in [3.63, 3.8) is 0 Å². The molecule has 1 N–H and O–H groups in total. The van der Waals surface area contributed by atoms with Crippen LogP contribution >= 0.6 is 0 Å². The zero-order valence-corrected chi connectivity index (χ0v) is 10.9. The molecule has 0 saturated carbocycles. The van der Waals surface area contributed by atoms with Crippen LogP contribution in [0.3, 0.4) is 0 Å². The van der Waals surface area contributed by atoms with Crippen molar-refractivity contribution in [3.8, 4) is 0 Å². The summed E-state index contributed by atoms with van der Waals surface area (Å²) in [6, 6.07) is 7.69. The molecular weight excluding hydrogens is 242 g/mol. The molecule has 0 bridgehead atoms. The van der Waals surface area contributed by atoms with E-state index in [0.29, 0.717) is 0 Å². The molecule has 0 spiro atoms. The molecule has 1 aromatic carbocycles. The van der Waals surface area contributed by atoms with Gasteiger partial charge in [-0.1, -0.05) is 18.2 Å². The molecule has 0 aliphatic heterocycles. The van der Waals surface area contributed by atoms with Gasteiger partial charge in [0.2, 0.25) is 0 Å².